The Bertz CT molecular complexity index is 532. The molecule has 1 atom stereocenters. The van der Waals surface area contributed by atoms with Gasteiger partial charge in [-0.15, -0.1) is 0 Å². The lowest BCUT2D eigenvalue weighted by Gasteiger charge is -2.26. The highest BCUT2D eigenvalue weighted by Gasteiger charge is 2.18. The molecule has 0 radical (unpaired) electrons. The molecule has 0 heterocycles. The van der Waals surface area contributed by atoms with Crippen molar-refractivity contribution in [2.45, 2.75) is 33.2 Å². The zero-order valence-corrected chi connectivity index (χ0v) is 12.7. The molecule has 0 fully saturated rings. The largest absolute Gasteiger partial charge is 0.478 e. The summed E-state index contributed by atoms with van der Waals surface area (Å²) >= 11 is 0. The number of hydrogen-bond acceptors (Lipinski definition) is 2. The monoisotopic (exact) mass is 296 g/mol. The van der Waals surface area contributed by atoms with E-state index in [9.17, 15) is 14.0 Å². The molecule has 21 heavy (non-hydrogen) atoms. The van der Waals surface area contributed by atoms with Gasteiger partial charge in [-0.1, -0.05) is 13.8 Å². The summed E-state index contributed by atoms with van der Waals surface area (Å²) in [5.74, 6) is -1.76. The minimum Gasteiger partial charge on any atom is -0.478 e. The molecule has 2 N–H and O–H groups in total. The Balaban J connectivity index is 2.75. The number of carbonyl (C=O) groups excluding carboxylic acids is 1. The second-order valence-electron chi connectivity index (χ2n) is 5.52. The van der Waals surface area contributed by atoms with Gasteiger partial charge in [-0.25, -0.2) is 14.0 Å². The molecule has 1 rings (SSSR count). The minimum atomic E-state index is -1.34. The maximum atomic E-state index is 13.5. The SMILES string of the molecule is CC(C)CC(C)N(C)C(=O)Nc1ccc(C(=O)O)c(F)c1. The van der Waals surface area contributed by atoms with Gasteiger partial charge in [0.1, 0.15) is 5.82 Å². The molecule has 0 saturated heterocycles. The first kappa shape index (κ1) is 16.9. The van der Waals surface area contributed by atoms with Crippen LogP contribution in [0.3, 0.4) is 0 Å². The van der Waals surface area contributed by atoms with E-state index < -0.39 is 17.3 Å². The van der Waals surface area contributed by atoms with Gasteiger partial charge in [-0.05, 0) is 37.5 Å². The average Bonchev–Trinajstić information content (AvgIpc) is 2.36. The van der Waals surface area contributed by atoms with Crippen LogP contribution in [0.4, 0.5) is 14.9 Å². The minimum absolute atomic E-state index is 0.0492. The zero-order chi connectivity index (χ0) is 16.2. The van der Waals surface area contributed by atoms with Gasteiger partial charge in [0, 0.05) is 18.8 Å². The number of anilines is 1. The Kier molecular flexibility index (Phi) is 5.69. The number of hydrogen-bond donors (Lipinski definition) is 2. The van der Waals surface area contributed by atoms with Crippen LogP contribution < -0.4 is 5.32 Å². The van der Waals surface area contributed by atoms with Crippen molar-refractivity contribution in [2.75, 3.05) is 12.4 Å². The van der Waals surface area contributed by atoms with E-state index in [1.54, 1.807) is 11.9 Å². The fourth-order valence-electron chi connectivity index (χ4n) is 2.02. The predicted octanol–water partition coefficient (Wildman–Crippen LogP) is 3.42. The Labute approximate surface area is 123 Å². The van der Waals surface area contributed by atoms with Crippen LogP contribution in [-0.2, 0) is 0 Å². The summed E-state index contributed by atoms with van der Waals surface area (Å²) in [5.41, 5.74) is -0.194. The van der Waals surface area contributed by atoms with E-state index in [0.29, 0.717) is 5.92 Å². The number of aromatic carboxylic acids is 1. The third-order valence-corrected chi connectivity index (χ3v) is 3.24. The molecule has 1 unspecified atom stereocenters. The molecular formula is C15H21FN2O3. The molecule has 0 aliphatic heterocycles. The zero-order valence-electron chi connectivity index (χ0n) is 12.7. The Morgan fingerprint density at radius 1 is 1.33 bits per heavy atom. The van der Waals surface area contributed by atoms with Crippen LogP contribution in [-0.4, -0.2) is 35.1 Å². The summed E-state index contributed by atoms with van der Waals surface area (Å²) in [6.07, 6.45) is 0.857. The standard InChI is InChI=1S/C15H21FN2O3/c1-9(2)7-10(3)18(4)15(21)17-11-5-6-12(14(19)20)13(16)8-11/h5-6,8-10H,7H2,1-4H3,(H,17,21)(H,19,20). The molecular weight excluding hydrogens is 275 g/mol. The number of amides is 2. The lowest BCUT2D eigenvalue weighted by Crippen LogP contribution is -2.38. The van der Waals surface area contributed by atoms with E-state index >= 15 is 0 Å². The molecule has 6 heteroatoms. The number of nitrogens with zero attached hydrogens (tertiary/aromatic N) is 1. The molecule has 5 nitrogen and oxygen atoms in total. The molecule has 0 spiro atoms. The summed E-state index contributed by atoms with van der Waals surface area (Å²) in [5, 5.41) is 11.3. The quantitative estimate of drug-likeness (QED) is 0.874. The van der Waals surface area contributed by atoms with Crippen molar-refractivity contribution < 1.29 is 19.1 Å². The van der Waals surface area contributed by atoms with Crippen molar-refractivity contribution in [1.82, 2.24) is 4.90 Å². The third kappa shape index (κ3) is 4.73. The van der Waals surface area contributed by atoms with E-state index in [2.05, 4.69) is 19.2 Å². The average molecular weight is 296 g/mol. The van der Waals surface area contributed by atoms with Gasteiger partial charge < -0.3 is 15.3 Å². The number of benzene rings is 1. The fourth-order valence-corrected chi connectivity index (χ4v) is 2.02. The summed E-state index contributed by atoms with van der Waals surface area (Å²) in [6, 6.07) is 3.19. The molecule has 0 aliphatic rings. The first-order chi connectivity index (χ1) is 9.72. The number of halogens is 1. The number of carbonyl (C=O) groups is 2. The molecule has 1 aromatic rings. The van der Waals surface area contributed by atoms with Crippen molar-refractivity contribution in [2.24, 2.45) is 5.92 Å². The van der Waals surface area contributed by atoms with E-state index in [4.69, 9.17) is 5.11 Å². The first-order valence-electron chi connectivity index (χ1n) is 6.79. The maximum absolute atomic E-state index is 13.5. The van der Waals surface area contributed by atoms with Gasteiger partial charge >= 0.3 is 12.0 Å². The maximum Gasteiger partial charge on any atom is 0.338 e. The van der Waals surface area contributed by atoms with Crippen LogP contribution in [0.5, 0.6) is 0 Å². The van der Waals surface area contributed by atoms with Crippen LogP contribution in [0.1, 0.15) is 37.6 Å². The summed E-state index contributed by atoms with van der Waals surface area (Å²) in [7, 11) is 1.67. The topological polar surface area (TPSA) is 69.6 Å². The molecule has 2 amide bonds. The number of rotatable bonds is 5. The second-order valence-corrected chi connectivity index (χ2v) is 5.52. The van der Waals surface area contributed by atoms with Crippen LogP contribution in [0.2, 0.25) is 0 Å². The van der Waals surface area contributed by atoms with E-state index in [-0.39, 0.29) is 17.8 Å². The lowest BCUT2D eigenvalue weighted by atomic mass is 10.0. The van der Waals surface area contributed by atoms with Gasteiger partial charge in [-0.3, -0.25) is 0 Å². The molecule has 0 aliphatic carbocycles. The smallest absolute Gasteiger partial charge is 0.338 e. The highest BCUT2D eigenvalue weighted by Crippen LogP contribution is 2.16. The highest BCUT2D eigenvalue weighted by atomic mass is 19.1. The fraction of sp³-hybridized carbons (Fsp3) is 0.467. The molecule has 1 aromatic carbocycles. The summed E-state index contributed by atoms with van der Waals surface area (Å²) in [6.45, 7) is 6.08. The Hall–Kier alpha value is -2.11. The van der Waals surface area contributed by atoms with Gasteiger partial charge in [-0.2, -0.15) is 0 Å². The van der Waals surface area contributed by atoms with Crippen LogP contribution in [0.15, 0.2) is 18.2 Å². The highest BCUT2D eigenvalue weighted by molar-refractivity contribution is 5.91. The first-order valence-corrected chi connectivity index (χ1v) is 6.79. The Morgan fingerprint density at radius 2 is 1.95 bits per heavy atom. The molecule has 0 bridgehead atoms. The van der Waals surface area contributed by atoms with Crippen molar-refractivity contribution in [1.29, 1.82) is 0 Å². The summed E-state index contributed by atoms with van der Waals surface area (Å²) < 4.78 is 13.5. The van der Waals surface area contributed by atoms with E-state index in [0.717, 1.165) is 18.6 Å². The Morgan fingerprint density at radius 3 is 2.43 bits per heavy atom. The lowest BCUT2D eigenvalue weighted by molar-refractivity contribution is 0.0692. The van der Waals surface area contributed by atoms with Crippen molar-refractivity contribution in [3.63, 3.8) is 0 Å². The van der Waals surface area contributed by atoms with Crippen LogP contribution >= 0.6 is 0 Å². The van der Waals surface area contributed by atoms with Gasteiger partial charge in [0.05, 0.1) is 5.56 Å². The number of carboxylic acids is 1. The summed E-state index contributed by atoms with van der Waals surface area (Å²) in [4.78, 5) is 24.3. The number of nitrogens with one attached hydrogen (secondary N) is 1. The molecule has 0 aromatic heterocycles. The molecule has 116 valence electrons. The third-order valence-electron chi connectivity index (χ3n) is 3.24. The van der Waals surface area contributed by atoms with Crippen molar-refractivity contribution in [3.8, 4) is 0 Å². The second kappa shape index (κ2) is 7.06. The van der Waals surface area contributed by atoms with Gasteiger partial charge in [0.25, 0.3) is 0 Å². The van der Waals surface area contributed by atoms with Crippen LogP contribution in [0, 0.1) is 11.7 Å². The van der Waals surface area contributed by atoms with E-state index in [1.807, 2.05) is 6.92 Å². The van der Waals surface area contributed by atoms with Crippen LogP contribution in [0.25, 0.3) is 0 Å². The predicted molar refractivity (Wildman–Crippen MR) is 79.1 cm³/mol. The van der Waals surface area contributed by atoms with E-state index in [1.165, 1.54) is 6.07 Å². The van der Waals surface area contributed by atoms with Gasteiger partial charge in [0.15, 0.2) is 0 Å². The molecule has 0 saturated carbocycles. The van der Waals surface area contributed by atoms with Crippen molar-refractivity contribution >= 4 is 17.7 Å². The number of carboxylic acid groups (broad SMARTS) is 1. The number of urea groups is 1. The normalized spacial score (nSPS) is 12.1. The van der Waals surface area contributed by atoms with Gasteiger partial charge in [0.2, 0.25) is 0 Å². The van der Waals surface area contributed by atoms with Crippen molar-refractivity contribution in [3.05, 3.63) is 29.6 Å².